The zero-order chi connectivity index (χ0) is 16.1. The molecule has 1 aliphatic carbocycles. The topological polar surface area (TPSA) is 36.0 Å². The number of nitrogens with zero attached hydrogens (tertiary/aromatic N) is 3. The zero-order valence-electron chi connectivity index (χ0n) is 14.7. The predicted octanol–water partition coefficient (Wildman–Crippen LogP) is 1.57. The van der Waals surface area contributed by atoms with E-state index in [0.29, 0.717) is 24.6 Å². The summed E-state index contributed by atoms with van der Waals surface area (Å²) in [6, 6.07) is 0.483. The Morgan fingerprint density at radius 3 is 2.35 bits per heavy atom. The van der Waals surface area contributed by atoms with Crippen LogP contribution in [0.25, 0.3) is 0 Å². The standard InChI is InChI=1S/C18H33N3O2/c1-19(16-6-3-2-4-7-16)18(22)15-21-11-9-20(10-12-21)14-17-8-5-13-23-17/h16-17H,2-15H2,1H3. The van der Waals surface area contributed by atoms with Gasteiger partial charge in [0.05, 0.1) is 12.6 Å². The highest BCUT2D eigenvalue weighted by Gasteiger charge is 2.26. The number of carbonyl (C=O) groups excluding carboxylic acids is 1. The van der Waals surface area contributed by atoms with E-state index < -0.39 is 0 Å². The molecule has 2 saturated heterocycles. The first-order valence-electron chi connectivity index (χ1n) is 9.54. The van der Waals surface area contributed by atoms with Gasteiger partial charge in [-0.1, -0.05) is 19.3 Å². The third-order valence-corrected chi connectivity index (χ3v) is 5.83. The van der Waals surface area contributed by atoms with Crippen molar-refractivity contribution in [3.8, 4) is 0 Å². The largest absolute Gasteiger partial charge is 0.377 e. The molecule has 3 rings (SSSR count). The molecule has 5 nitrogen and oxygen atoms in total. The van der Waals surface area contributed by atoms with Crippen molar-refractivity contribution >= 4 is 5.91 Å². The van der Waals surface area contributed by atoms with Crippen LogP contribution in [0.2, 0.25) is 0 Å². The Balaban J connectivity index is 1.36. The summed E-state index contributed by atoms with van der Waals surface area (Å²) in [6.45, 7) is 6.77. The van der Waals surface area contributed by atoms with E-state index in [2.05, 4.69) is 9.80 Å². The summed E-state index contributed by atoms with van der Waals surface area (Å²) in [5, 5.41) is 0. The van der Waals surface area contributed by atoms with Crippen LogP contribution >= 0.6 is 0 Å². The summed E-state index contributed by atoms with van der Waals surface area (Å²) < 4.78 is 5.73. The fourth-order valence-electron chi connectivity index (χ4n) is 4.18. The number of likely N-dealkylation sites (N-methyl/N-ethyl adjacent to an activating group) is 1. The van der Waals surface area contributed by atoms with Crippen molar-refractivity contribution < 1.29 is 9.53 Å². The molecular formula is C18H33N3O2. The van der Waals surface area contributed by atoms with Gasteiger partial charge in [0.2, 0.25) is 5.91 Å². The van der Waals surface area contributed by atoms with Crippen LogP contribution in [0.3, 0.4) is 0 Å². The number of amides is 1. The lowest BCUT2D eigenvalue weighted by molar-refractivity contribution is -0.134. The zero-order valence-corrected chi connectivity index (χ0v) is 14.7. The Labute approximate surface area is 140 Å². The van der Waals surface area contributed by atoms with Gasteiger partial charge in [0.15, 0.2) is 0 Å². The second kappa shape index (κ2) is 8.45. The van der Waals surface area contributed by atoms with Gasteiger partial charge in [0.1, 0.15) is 0 Å². The van der Waals surface area contributed by atoms with Crippen molar-refractivity contribution in [2.24, 2.45) is 0 Å². The van der Waals surface area contributed by atoms with Crippen molar-refractivity contribution in [3.63, 3.8) is 0 Å². The summed E-state index contributed by atoms with van der Waals surface area (Å²) >= 11 is 0. The van der Waals surface area contributed by atoms with Crippen molar-refractivity contribution in [2.75, 3.05) is 52.9 Å². The smallest absolute Gasteiger partial charge is 0.236 e. The van der Waals surface area contributed by atoms with Gasteiger partial charge in [0.25, 0.3) is 0 Å². The molecule has 132 valence electrons. The normalized spacial score (nSPS) is 28.1. The predicted molar refractivity (Wildman–Crippen MR) is 91.5 cm³/mol. The first-order valence-corrected chi connectivity index (χ1v) is 9.54. The third-order valence-electron chi connectivity index (χ3n) is 5.83. The average Bonchev–Trinajstić information content (AvgIpc) is 3.10. The first kappa shape index (κ1) is 17.2. The Morgan fingerprint density at radius 1 is 1.00 bits per heavy atom. The molecule has 0 aromatic rings. The Hall–Kier alpha value is -0.650. The highest BCUT2D eigenvalue weighted by atomic mass is 16.5. The maximum Gasteiger partial charge on any atom is 0.236 e. The van der Waals surface area contributed by atoms with E-state index in [-0.39, 0.29) is 0 Å². The number of piperazine rings is 1. The molecule has 3 fully saturated rings. The SMILES string of the molecule is CN(C(=O)CN1CCN(CC2CCCO2)CC1)C1CCCCC1. The molecule has 0 spiro atoms. The summed E-state index contributed by atoms with van der Waals surface area (Å²) in [5.74, 6) is 0.310. The van der Waals surface area contributed by atoms with Crippen LogP contribution in [0.15, 0.2) is 0 Å². The minimum atomic E-state index is 0.310. The van der Waals surface area contributed by atoms with Gasteiger partial charge in [-0.05, 0) is 25.7 Å². The highest BCUT2D eigenvalue weighted by Crippen LogP contribution is 2.22. The van der Waals surface area contributed by atoms with Gasteiger partial charge in [-0.15, -0.1) is 0 Å². The van der Waals surface area contributed by atoms with Gasteiger partial charge >= 0.3 is 0 Å². The number of carbonyl (C=O) groups is 1. The van der Waals surface area contributed by atoms with Gasteiger partial charge in [-0.25, -0.2) is 0 Å². The van der Waals surface area contributed by atoms with Crippen LogP contribution in [0.1, 0.15) is 44.9 Å². The minimum absolute atomic E-state index is 0.310. The molecule has 5 heteroatoms. The first-order chi connectivity index (χ1) is 11.2. The lowest BCUT2D eigenvalue weighted by atomic mass is 9.94. The van der Waals surface area contributed by atoms with E-state index in [9.17, 15) is 4.79 Å². The van der Waals surface area contributed by atoms with Gasteiger partial charge in [-0.3, -0.25) is 14.6 Å². The van der Waals surface area contributed by atoms with E-state index in [4.69, 9.17) is 4.74 Å². The molecule has 0 aromatic heterocycles. The second-order valence-corrected chi connectivity index (χ2v) is 7.51. The number of rotatable bonds is 5. The number of hydrogen-bond donors (Lipinski definition) is 0. The molecule has 0 radical (unpaired) electrons. The number of hydrogen-bond acceptors (Lipinski definition) is 4. The van der Waals surface area contributed by atoms with Gasteiger partial charge in [0, 0.05) is 52.4 Å². The minimum Gasteiger partial charge on any atom is -0.377 e. The summed E-state index contributed by atoms with van der Waals surface area (Å²) in [4.78, 5) is 19.4. The molecule has 1 atom stereocenters. The maximum atomic E-state index is 12.5. The molecule has 0 bridgehead atoms. The highest BCUT2D eigenvalue weighted by molar-refractivity contribution is 5.78. The van der Waals surface area contributed by atoms with Crippen LogP contribution in [0, 0.1) is 0 Å². The quantitative estimate of drug-likeness (QED) is 0.769. The summed E-state index contributed by atoms with van der Waals surface area (Å²) in [5.41, 5.74) is 0. The number of ether oxygens (including phenoxy) is 1. The molecule has 0 N–H and O–H groups in total. The Kier molecular flexibility index (Phi) is 6.31. The molecule has 2 aliphatic heterocycles. The Morgan fingerprint density at radius 2 is 1.70 bits per heavy atom. The van der Waals surface area contributed by atoms with Crippen molar-refractivity contribution in [2.45, 2.75) is 57.1 Å². The second-order valence-electron chi connectivity index (χ2n) is 7.51. The molecule has 3 aliphatic rings. The van der Waals surface area contributed by atoms with Crippen LogP contribution < -0.4 is 0 Å². The van der Waals surface area contributed by atoms with Gasteiger partial charge < -0.3 is 9.64 Å². The van der Waals surface area contributed by atoms with E-state index in [0.717, 1.165) is 39.3 Å². The molecule has 23 heavy (non-hydrogen) atoms. The van der Waals surface area contributed by atoms with Crippen LogP contribution in [0.4, 0.5) is 0 Å². The van der Waals surface area contributed by atoms with Crippen LogP contribution in [-0.2, 0) is 9.53 Å². The molecule has 0 aromatic carbocycles. The van der Waals surface area contributed by atoms with E-state index >= 15 is 0 Å². The van der Waals surface area contributed by atoms with Gasteiger partial charge in [-0.2, -0.15) is 0 Å². The third kappa shape index (κ3) is 4.91. The van der Waals surface area contributed by atoms with E-state index in [1.807, 2.05) is 11.9 Å². The molecule has 1 unspecified atom stereocenters. The van der Waals surface area contributed by atoms with Crippen molar-refractivity contribution in [3.05, 3.63) is 0 Å². The van der Waals surface area contributed by atoms with E-state index in [1.165, 1.54) is 44.9 Å². The fourth-order valence-corrected chi connectivity index (χ4v) is 4.18. The molecule has 1 saturated carbocycles. The maximum absolute atomic E-state index is 12.5. The van der Waals surface area contributed by atoms with Crippen molar-refractivity contribution in [1.82, 2.24) is 14.7 Å². The fraction of sp³-hybridized carbons (Fsp3) is 0.944. The summed E-state index contributed by atoms with van der Waals surface area (Å²) in [7, 11) is 2.01. The van der Waals surface area contributed by atoms with Crippen molar-refractivity contribution in [1.29, 1.82) is 0 Å². The van der Waals surface area contributed by atoms with Crippen LogP contribution in [0.5, 0.6) is 0 Å². The van der Waals surface area contributed by atoms with E-state index in [1.54, 1.807) is 0 Å². The summed E-state index contributed by atoms with van der Waals surface area (Å²) in [6.07, 6.45) is 9.16. The monoisotopic (exact) mass is 323 g/mol. The lowest BCUT2D eigenvalue weighted by Crippen LogP contribution is -2.52. The molecular weight excluding hydrogens is 290 g/mol. The Bertz CT molecular complexity index is 370. The van der Waals surface area contributed by atoms with Crippen LogP contribution in [-0.4, -0.2) is 85.7 Å². The lowest BCUT2D eigenvalue weighted by Gasteiger charge is -2.37. The average molecular weight is 323 g/mol. The molecule has 1 amide bonds. The molecule has 2 heterocycles.